The minimum atomic E-state index is -0.399. The summed E-state index contributed by atoms with van der Waals surface area (Å²) in [7, 11) is 1.65. The zero-order valence-corrected chi connectivity index (χ0v) is 13.3. The van der Waals surface area contributed by atoms with Crippen LogP contribution in [0.1, 0.15) is 11.1 Å². The van der Waals surface area contributed by atoms with Crippen molar-refractivity contribution in [3.8, 4) is 5.75 Å². The molecule has 0 aromatic heterocycles. The van der Waals surface area contributed by atoms with Gasteiger partial charge in [0.1, 0.15) is 11.6 Å². The van der Waals surface area contributed by atoms with Crippen LogP contribution in [-0.4, -0.2) is 7.11 Å². The molecule has 0 atom stereocenters. The van der Waals surface area contributed by atoms with Crippen molar-refractivity contribution in [2.24, 2.45) is 0 Å². The fourth-order valence-corrected chi connectivity index (χ4v) is 2.49. The van der Waals surface area contributed by atoms with Crippen LogP contribution in [0.2, 0.25) is 5.02 Å². The third-order valence-corrected chi connectivity index (χ3v) is 3.65. The van der Waals surface area contributed by atoms with Gasteiger partial charge in [-0.1, -0.05) is 33.6 Å². The molecule has 2 nitrogen and oxygen atoms in total. The molecule has 0 heterocycles. The Kier molecular flexibility index (Phi) is 5.40. The van der Waals surface area contributed by atoms with E-state index in [4.69, 9.17) is 16.3 Å². The van der Waals surface area contributed by atoms with Crippen molar-refractivity contribution in [3.63, 3.8) is 0 Å². The first-order valence-electron chi connectivity index (χ1n) is 6.07. The van der Waals surface area contributed by atoms with E-state index in [9.17, 15) is 4.39 Å². The Morgan fingerprint density at radius 2 is 2.00 bits per heavy atom. The molecular formula is C15H14BrClFNO. The van der Waals surface area contributed by atoms with Gasteiger partial charge in [-0.15, -0.1) is 0 Å². The second kappa shape index (κ2) is 7.07. The Balaban J connectivity index is 1.99. The van der Waals surface area contributed by atoms with Crippen LogP contribution in [0.5, 0.6) is 5.75 Å². The summed E-state index contributed by atoms with van der Waals surface area (Å²) >= 11 is 9.19. The Morgan fingerprint density at radius 1 is 1.20 bits per heavy atom. The predicted octanol–water partition coefficient (Wildman–Crippen LogP) is 4.54. The van der Waals surface area contributed by atoms with Gasteiger partial charge in [0.15, 0.2) is 0 Å². The van der Waals surface area contributed by atoms with E-state index in [0.29, 0.717) is 13.1 Å². The average molecular weight is 359 g/mol. The average Bonchev–Trinajstić information content (AvgIpc) is 2.43. The minimum Gasteiger partial charge on any atom is -0.496 e. The van der Waals surface area contributed by atoms with Crippen LogP contribution >= 0.6 is 27.5 Å². The summed E-state index contributed by atoms with van der Waals surface area (Å²) < 4.78 is 19.4. The van der Waals surface area contributed by atoms with Crippen LogP contribution in [0.15, 0.2) is 40.9 Å². The van der Waals surface area contributed by atoms with Crippen LogP contribution in [0.4, 0.5) is 4.39 Å². The molecule has 0 aliphatic carbocycles. The van der Waals surface area contributed by atoms with Gasteiger partial charge in [-0.2, -0.15) is 0 Å². The van der Waals surface area contributed by atoms with E-state index in [1.54, 1.807) is 19.2 Å². The van der Waals surface area contributed by atoms with E-state index >= 15 is 0 Å². The van der Waals surface area contributed by atoms with Gasteiger partial charge < -0.3 is 10.1 Å². The molecule has 5 heteroatoms. The smallest absolute Gasteiger partial charge is 0.141 e. The molecule has 0 fully saturated rings. The third-order valence-electron chi connectivity index (χ3n) is 2.87. The van der Waals surface area contributed by atoms with Crippen LogP contribution < -0.4 is 10.1 Å². The lowest BCUT2D eigenvalue weighted by Crippen LogP contribution is -2.13. The first-order valence-corrected chi connectivity index (χ1v) is 7.24. The molecule has 0 aliphatic rings. The fraction of sp³-hybridized carbons (Fsp3) is 0.200. The summed E-state index contributed by atoms with van der Waals surface area (Å²) in [6.45, 7) is 1.26. The first-order chi connectivity index (χ1) is 9.60. The van der Waals surface area contributed by atoms with E-state index in [1.165, 1.54) is 6.07 Å². The summed E-state index contributed by atoms with van der Waals surface area (Å²) in [6, 6.07) is 10.6. The number of ether oxygens (including phenoxy) is 1. The largest absolute Gasteiger partial charge is 0.496 e. The summed E-state index contributed by atoms with van der Waals surface area (Å²) in [6.07, 6.45) is 0. The Morgan fingerprint density at radius 3 is 2.70 bits per heavy atom. The molecule has 2 rings (SSSR count). The van der Waals surface area contributed by atoms with Crippen molar-refractivity contribution in [3.05, 3.63) is 62.8 Å². The van der Waals surface area contributed by atoms with Gasteiger partial charge in [0, 0.05) is 23.1 Å². The summed E-state index contributed by atoms with van der Waals surface area (Å²) in [4.78, 5) is 0. The second-order valence-corrected chi connectivity index (χ2v) is 5.63. The summed E-state index contributed by atoms with van der Waals surface area (Å²) in [5, 5.41) is 3.43. The number of nitrogens with one attached hydrogen (secondary N) is 1. The van der Waals surface area contributed by atoms with Crippen molar-refractivity contribution in [1.29, 1.82) is 0 Å². The molecule has 1 N–H and O–H groups in total. The fourth-order valence-electron chi connectivity index (χ4n) is 1.88. The van der Waals surface area contributed by atoms with E-state index in [-0.39, 0.29) is 5.02 Å². The molecule has 0 spiro atoms. The van der Waals surface area contributed by atoms with Crippen molar-refractivity contribution in [2.75, 3.05) is 7.11 Å². The van der Waals surface area contributed by atoms with E-state index in [2.05, 4.69) is 21.2 Å². The van der Waals surface area contributed by atoms with Gasteiger partial charge in [0.2, 0.25) is 0 Å². The number of hydrogen-bond donors (Lipinski definition) is 1. The normalized spacial score (nSPS) is 10.6. The van der Waals surface area contributed by atoms with Crippen LogP contribution in [-0.2, 0) is 13.1 Å². The predicted molar refractivity (Wildman–Crippen MR) is 82.6 cm³/mol. The summed E-state index contributed by atoms with van der Waals surface area (Å²) in [5.74, 6) is 0.432. The third kappa shape index (κ3) is 3.95. The topological polar surface area (TPSA) is 21.3 Å². The lowest BCUT2D eigenvalue weighted by Gasteiger charge is -2.10. The SMILES string of the molecule is COc1ccc(Br)cc1CNCc1ccc(F)c(Cl)c1. The molecular weight excluding hydrogens is 345 g/mol. The highest BCUT2D eigenvalue weighted by Crippen LogP contribution is 2.23. The molecule has 106 valence electrons. The maximum absolute atomic E-state index is 13.1. The van der Waals surface area contributed by atoms with Gasteiger partial charge in [-0.05, 0) is 35.9 Å². The quantitative estimate of drug-likeness (QED) is 0.847. The number of halogens is 3. The zero-order chi connectivity index (χ0) is 14.5. The maximum Gasteiger partial charge on any atom is 0.141 e. The lowest BCUT2D eigenvalue weighted by molar-refractivity contribution is 0.407. The summed E-state index contributed by atoms with van der Waals surface area (Å²) in [5.41, 5.74) is 1.99. The number of methoxy groups -OCH3 is 1. The number of rotatable bonds is 5. The van der Waals surface area contributed by atoms with Gasteiger partial charge in [0.25, 0.3) is 0 Å². The van der Waals surface area contributed by atoms with Crippen LogP contribution in [0.3, 0.4) is 0 Å². The minimum absolute atomic E-state index is 0.143. The highest BCUT2D eigenvalue weighted by Gasteiger charge is 2.04. The second-order valence-electron chi connectivity index (χ2n) is 4.31. The molecule has 0 amide bonds. The molecule has 0 radical (unpaired) electrons. The van der Waals surface area contributed by atoms with Gasteiger partial charge in [-0.25, -0.2) is 4.39 Å². The number of hydrogen-bond acceptors (Lipinski definition) is 2. The van der Waals surface area contributed by atoms with E-state index < -0.39 is 5.82 Å². The zero-order valence-electron chi connectivity index (χ0n) is 10.9. The highest BCUT2D eigenvalue weighted by molar-refractivity contribution is 9.10. The molecule has 20 heavy (non-hydrogen) atoms. The van der Waals surface area contributed by atoms with E-state index in [0.717, 1.165) is 21.3 Å². The lowest BCUT2D eigenvalue weighted by atomic mass is 10.2. The van der Waals surface area contributed by atoms with Crippen LogP contribution in [0.25, 0.3) is 0 Å². The standard InChI is InChI=1S/C15H14BrClFNO/c1-20-15-5-3-12(16)7-11(15)9-19-8-10-2-4-14(18)13(17)6-10/h2-7,19H,8-9H2,1H3. The van der Waals surface area contributed by atoms with Gasteiger partial charge in [0.05, 0.1) is 12.1 Å². The molecule has 2 aromatic carbocycles. The molecule has 0 bridgehead atoms. The van der Waals surface area contributed by atoms with Crippen molar-refractivity contribution >= 4 is 27.5 Å². The highest BCUT2D eigenvalue weighted by atomic mass is 79.9. The monoisotopic (exact) mass is 357 g/mol. The van der Waals surface area contributed by atoms with Crippen molar-refractivity contribution in [1.82, 2.24) is 5.32 Å². The Hall–Kier alpha value is -1.10. The molecule has 0 saturated carbocycles. The van der Waals surface area contributed by atoms with Gasteiger partial charge >= 0.3 is 0 Å². The van der Waals surface area contributed by atoms with Crippen molar-refractivity contribution in [2.45, 2.75) is 13.1 Å². The van der Waals surface area contributed by atoms with E-state index in [1.807, 2.05) is 18.2 Å². The maximum atomic E-state index is 13.1. The first kappa shape index (κ1) is 15.3. The Bertz CT molecular complexity index is 606. The molecule has 2 aromatic rings. The van der Waals surface area contributed by atoms with Crippen LogP contribution in [0, 0.1) is 5.82 Å². The number of benzene rings is 2. The molecule has 0 saturated heterocycles. The Labute approximate surface area is 131 Å². The molecule has 0 aliphatic heterocycles. The van der Waals surface area contributed by atoms with Gasteiger partial charge in [-0.3, -0.25) is 0 Å². The molecule has 0 unspecified atom stereocenters. The van der Waals surface area contributed by atoms with Crippen molar-refractivity contribution < 1.29 is 9.13 Å².